The van der Waals surface area contributed by atoms with Crippen LogP contribution in [0.1, 0.15) is 105 Å². The van der Waals surface area contributed by atoms with Crippen molar-refractivity contribution >= 4 is 11.8 Å². The van der Waals surface area contributed by atoms with Gasteiger partial charge in [0.1, 0.15) is 23.7 Å². The predicted molar refractivity (Wildman–Crippen MR) is 237 cm³/mol. The number of likely N-dealkylation sites (tertiary alicyclic amines) is 3. The lowest BCUT2D eigenvalue weighted by Crippen LogP contribution is -2.44. The minimum Gasteiger partial charge on any atom is -0.340 e. The smallest absolute Gasteiger partial charge is 0.245 e. The molecule has 3 aliphatic heterocycles. The number of likely N-dealkylation sites (N-methyl/N-ethyl adjacent to an activating group) is 1. The van der Waals surface area contributed by atoms with Gasteiger partial charge in [-0.05, 0) is 88.3 Å². The van der Waals surface area contributed by atoms with Crippen LogP contribution in [0, 0.1) is 0 Å². The first-order valence-electron chi connectivity index (χ1n) is 22.1. The van der Waals surface area contributed by atoms with E-state index in [9.17, 15) is 9.59 Å². The fourth-order valence-corrected chi connectivity index (χ4v) is 9.45. The third-order valence-electron chi connectivity index (χ3n) is 13.0. The largest absolute Gasteiger partial charge is 0.340 e. The van der Waals surface area contributed by atoms with Crippen molar-refractivity contribution in [2.24, 2.45) is 0 Å². The van der Waals surface area contributed by atoms with Crippen LogP contribution in [0.4, 0.5) is 0 Å². The van der Waals surface area contributed by atoms with Crippen molar-refractivity contribution in [1.82, 2.24) is 49.5 Å². The van der Waals surface area contributed by atoms with Gasteiger partial charge in [0.05, 0.1) is 35.9 Å². The predicted octanol–water partition coefficient (Wildman–Crippen LogP) is 8.56. The quantitative estimate of drug-likeness (QED) is 0.126. The van der Waals surface area contributed by atoms with Gasteiger partial charge in [0, 0.05) is 37.1 Å². The highest BCUT2D eigenvalue weighted by Gasteiger charge is 2.39. The summed E-state index contributed by atoms with van der Waals surface area (Å²) in [6.07, 6.45) is 16.0. The molecule has 6 aromatic rings. The van der Waals surface area contributed by atoms with Crippen molar-refractivity contribution in [3.05, 3.63) is 132 Å². The van der Waals surface area contributed by atoms with Crippen LogP contribution < -0.4 is 0 Å². The minimum absolute atomic E-state index is 0.0784. The maximum Gasteiger partial charge on any atom is 0.245 e. The molecule has 12 heteroatoms. The Labute approximate surface area is 358 Å². The number of benzene rings is 3. The minimum atomic E-state index is -0.313. The van der Waals surface area contributed by atoms with Crippen LogP contribution in [0.15, 0.2) is 110 Å². The Morgan fingerprint density at radius 3 is 1.80 bits per heavy atom. The standard InChI is InChI=1S/C49H56N10O2/c1-34(56(2)48(60)43(36-16-7-3-8-17-36)57-25-11-5-12-26-57)45-52-32-40(54-45)35-21-23-38(24-22-35)46-50-30-39(31-51-46)41-33-53-47(55-41)42-20-15-29-59(42)49(61)44(37-18-9-4-10-19-37)58-27-13-6-14-28-58/h3-4,7-10,16-19,21-24,30-34,42-44H,5-6,11-15,20,25-29H2,1-2H3,(H,52,54)(H,53,55)/t34-,42-,43?,44+/m0/s1. The van der Waals surface area contributed by atoms with Crippen molar-refractivity contribution in [3.63, 3.8) is 0 Å². The van der Waals surface area contributed by atoms with Crippen molar-refractivity contribution in [2.75, 3.05) is 39.8 Å². The van der Waals surface area contributed by atoms with Crippen molar-refractivity contribution in [3.8, 4) is 33.9 Å². The lowest BCUT2D eigenvalue weighted by atomic mass is 10.00. The number of hydrogen-bond donors (Lipinski definition) is 2. The average molecular weight is 817 g/mol. The summed E-state index contributed by atoms with van der Waals surface area (Å²) in [4.78, 5) is 63.0. The number of H-pyrrole nitrogens is 2. The Kier molecular flexibility index (Phi) is 12.1. The van der Waals surface area contributed by atoms with E-state index in [0.29, 0.717) is 5.82 Å². The number of carbonyl (C=O) groups excluding carboxylic acids is 2. The van der Waals surface area contributed by atoms with Crippen LogP contribution in [-0.4, -0.2) is 101 Å². The fraction of sp³-hybridized carbons (Fsp3) is 0.388. The summed E-state index contributed by atoms with van der Waals surface area (Å²) in [6, 6.07) is 27.5. The molecule has 3 aromatic carbocycles. The number of nitrogens with one attached hydrogen (secondary N) is 2. The SMILES string of the molecule is C[C@@H](c1ncc(-c2ccc(-c3ncc(-c4cnc([C@@H]5CCCN5C(=O)[C@@H](c5ccccc5)N5CCCCC5)[nH]4)cn3)cc2)[nH]1)N(C)C(=O)C(c1ccccc1)N1CCCCC1. The molecular formula is C49H56N10O2. The maximum absolute atomic E-state index is 14.4. The van der Waals surface area contributed by atoms with Crippen molar-refractivity contribution in [1.29, 1.82) is 0 Å². The number of amides is 2. The number of nitrogens with zero attached hydrogens (tertiary/aromatic N) is 8. The van der Waals surface area contributed by atoms with Crippen LogP contribution >= 0.6 is 0 Å². The molecule has 314 valence electrons. The molecule has 12 nitrogen and oxygen atoms in total. The Bertz CT molecular complexity index is 2370. The molecule has 3 saturated heterocycles. The summed E-state index contributed by atoms with van der Waals surface area (Å²) >= 11 is 0. The highest BCUT2D eigenvalue weighted by Crippen LogP contribution is 2.37. The molecule has 0 radical (unpaired) electrons. The third-order valence-corrected chi connectivity index (χ3v) is 13.0. The molecule has 2 amide bonds. The molecule has 4 atom stereocenters. The summed E-state index contributed by atoms with van der Waals surface area (Å²) in [5.74, 6) is 2.40. The third kappa shape index (κ3) is 8.65. The van der Waals surface area contributed by atoms with Gasteiger partial charge < -0.3 is 19.8 Å². The number of hydrogen-bond acceptors (Lipinski definition) is 8. The molecule has 6 heterocycles. The molecule has 9 rings (SSSR count). The number of aromatic amines is 2. The van der Waals surface area contributed by atoms with Crippen LogP contribution in [0.25, 0.3) is 33.9 Å². The van der Waals surface area contributed by atoms with Gasteiger partial charge in [0.15, 0.2) is 5.82 Å². The van der Waals surface area contributed by atoms with E-state index < -0.39 is 0 Å². The summed E-state index contributed by atoms with van der Waals surface area (Å²) in [6.45, 7) is 6.48. The van der Waals surface area contributed by atoms with Gasteiger partial charge in [-0.25, -0.2) is 19.9 Å². The number of rotatable bonds is 12. The first kappa shape index (κ1) is 40.4. The van der Waals surface area contributed by atoms with E-state index in [0.717, 1.165) is 122 Å². The molecule has 3 aliphatic rings. The molecule has 2 N–H and O–H groups in total. The summed E-state index contributed by atoms with van der Waals surface area (Å²) < 4.78 is 0. The van der Waals surface area contributed by atoms with E-state index >= 15 is 0 Å². The number of imidazole rings is 2. The summed E-state index contributed by atoms with van der Waals surface area (Å²) in [5.41, 5.74) is 6.50. The molecule has 0 spiro atoms. The number of carbonyl (C=O) groups is 2. The highest BCUT2D eigenvalue weighted by atomic mass is 16.2. The molecule has 3 aromatic heterocycles. The van der Waals surface area contributed by atoms with E-state index in [-0.39, 0.29) is 36.0 Å². The molecule has 1 unspecified atom stereocenters. The van der Waals surface area contributed by atoms with E-state index in [1.54, 1.807) is 0 Å². The number of aromatic nitrogens is 6. The topological polar surface area (TPSA) is 130 Å². The first-order chi connectivity index (χ1) is 29.9. The maximum atomic E-state index is 14.4. The second kappa shape index (κ2) is 18.3. The zero-order chi connectivity index (χ0) is 41.7. The Hall–Kier alpha value is -5.98. The van der Waals surface area contributed by atoms with Gasteiger partial charge in [-0.2, -0.15) is 0 Å². The highest BCUT2D eigenvalue weighted by molar-refractivity contribution is 5.84. The van der Waals surface area contributed by atoms with Gasteiger partial charge in [0.25, 0.3) is 0 Å². The summed E-state index contributed by atoms with van der Waals surface area (Å²) in [7, 11) is 1.88. The first-order valence-corrected chi connectivity index (χ1v) is 22.1. The van der Waals surface area contributed by atoms with Crippen LogP contribution in [0.3, 0.4) is 0 Å². The molecular weight excluding hydrogens is 761 g/mol. The van der Waals surface area contributed by atoms with Gasteiger partial charge >= 0.3 is 0 Å². The molecule has 3 fully saturated rings. The molecule has 0 aliphatic carbocycles. The lowest BCUT2D eigenvalue weighted by Gasteiger charge is -2.37. The Balaban J connectivity index is 0.851. The van der Waals surface area contributed by atoms with E-state index in [1.165, 1.54) is 12.8 Å². The van der Waals surface area contributed by atoms with Gasteiger partial charge in [-0.15, -0.1) is 0 Å². The Morgan fingerprint density at radius 1 is 0.607 bits per heavy atom. The lowest BCUT2D eigenvalue weighted by molar-refractivity contribution is -0.139. The van der Waals surface area contributed by atoms with E-state index in [4.69, 9.17) is 19.9 Å². The molecule has 0 saturated carbocycles. The van der Waals surface area contributed by atoms with E-state index in [1.807, 2.05) is 109 Å². The second-order valence-electron chi connectivity index (χ2n) is 16.9. The van der Waals surface area contributed by atoms with Crippen LogP contribution in [-0.2, 0) is 9.59 Å². The fourth-order valence-electron chi connectivity index (χ4n) is 9.45. The average Bonchev–Trinajstić information content (AvgIpc) is 4.13. The van der Waals surface area contributed by atoms with Crippen LogP contribution in [0.5, 0.6) is 0 Å². The van der Waals surface area contributed by atoms with Gasteiger partial charge in [-0.1, -0.05) is 97.8 Å². The van der Waals surface area contributed by atoms with Crippen LogP contribution in [0.2, 0.25) is 0 Å². The summed E-state index contributed by atoms with van der Waals surface area (Å²) in [5, 5.41) is 0. The van der Waals surface area contributed by atoms with Gasteiger partial charge in [0.2, 0.25) is 11.8 Å². The monoisotopic (exact) mass is 816 g/mol. The zero-order valence-electron chi connectivity index (χ0n) is 35.3. The van der Waals surface area contributed by atoms with Crippen molar-refractivity contribution in [2.45, 2.75) is 82.5 Å². The van der Waals surface area contributed by atoms with E-state index in [2.05, 4.69) is 44.0 Å². The second-order valence-corrected chi connectivity index (χ2v) is 16.9. The van der Waals surface area contributed by atoms with Gasteiger partial charge in [-0.3, -0.25) is 19.4 Å². The zero-order valence-corrected chi connectivity index (χ0v) is 35.3. The normalized spacial score (nSPS) is 19.0. The molecule has 0 bridgehead atoms. The molecule has 61 heavy (non-hydrogen) atoms. The Morgan fingerprint density at radius 2 is 1.16 bits per heavy atom. The van der Waals surface area contributed by atoms with Crippen molar-refractivity contribution < 1.29 is 9.59 Å². The number of piperidine rings is 2.